The average Bonchev–Trinajstić information content (AvgIpc) is 3.96. The summed E-state index contributed by atoms with van der Waals surface area (Å²) in [6.07, 6.45) is 7.19. The lowest BCUT2D eigenvalue weighted by atomic mass is 10.1. The van der Waals surface area contributed by atoms with Gasteiger partial charge in [-0.1, -0.05) is 25.7 Å². The fourth-order valence-electron chi connectivity index (χ4n) is 7.03. The molecule has 8 atom stereocenters. The van der Waals surface area contributed by atoms with E-state index in [4.69, 9.17) is 9.47 Å². The fourth-order valence-corrected chi connectivity index (χ4v) is 7.03. The molecule has 48 heavy (non-hydrogen) atoms. The number of anilines is 2. The molecule has 4 aromatic rings. The molecule has 2 saturated carbocycles. The zero-order valence-electron chi connectivity index (χ0n) is 26.2. The fraction of sp³-hybridized carbons (Fsp3) is 0.667. The molecular weight excluding hydrogens is 628 g/mol. The Kier molecular flexibility index (Phi) is 9.65. The maximum absolute atomic E-state index is 10.2. The van der Waals surface area contributed by atoms with Crippen molar-refractivity contribution in [1.29, 1.82) is 0 Å². The molecular formula is C30H42N10O8. The van der Waals surface area contributed by atoms with Crippen LogP contribution in [-0.2, 0) is 9.47 Å². The second-order valence-electron chi connectivity index (χ2n) is 12.8. The van der Waals surface area contributed by atoms with Gasteiger partial charge in [0.15, 0.2) is 46.4 Å². The number of fused-ring (bicyclic) bond motifs is 2. The molecule has 6 heterocycles. The summed E-state index contributed by atoms with van der Waals surface area (Å²) >= 11 is 0. The van der Waals surface area contributed by atoms with E-state index in [1.54, 1.807) is 9.13 Å². The maximum Gasteiger partial charge on any atom is 0.167 e. The van der Waals surface area contributed by atoms with Gasteiger partial charge in [-0.15, -0.1) is 0 Å². The first-order chi connectivity index (χ1) is 23.4. The lowest BCUT2D eigenvalue weighted by Gasteiger charge is -2.17. The van der Waals surface area contributed by atoms with Gasteiger partial charge in [0, 0.05) is 12.1 Å². The number of hydrogen-bond donors (Lipinski definition) is 8. The Labute approximate surface area is 274 Å². The van der Waals surface area contributed by atoms with Crippen LogP contribution in [0.3, 0.4) is 0 Å². The molecule has 4 aliphatic rings. The molecule has 8 N–H and O–H groups in total. The number of nitrogens with one attached hydrogen (secondary N) is 2. The third-order valence-electron chi connectivity index (χ3n) is 9.69. The largest absolute Gasteiger partial charge is 0.394 e. The van der Waals surface area contributed by atoms with Crippen LogP contribution >= 0.6 is 0 Å². The van der Waals surface area contributed by atoms with Gasteiger partial charge >= 0.3 is 0 Å². The molecule has 0 spiro atoms. The number of aliphatic hydroxyl groups is 6. The van der Waals surface area contributed by atoms with Gasteiger partial charge in [0.2, 0.25) is 0 Å². The standard InChI is InChI=1S/2C15H21N5O4/c2*21-5-9-11(22)12(23)15(24-9)20-7-18-10-13(16-6-17-14(10)20)19-8-3-1-2-4-8/h2*6-9,11-12,15,21-23H,1-5H2,(H,16,17,19)/t2*9-,11-,12-,15-/m11/s1. The van der Waals surface area contributed by atoms with E-state index in [2.05, 4.69) is 40.5 Å². The minimum absolute atomic E-state index is 0.370. The second-order valence-corrected chi connectivity index (χ2v) is 12.8. The number of hydrogen-bond acceptors (Lipinski definition) is 16. The summed E-state index contributed by atoms with van der Waals surface area (Å²) in [5, 5.41) is 65.5. The van der Waals surface area contributed by atoms with Gasteiger partial charge in [-0.25, -0.2) is 29.9 Å². The summed E-state index contributed by atoms with van der Waals surface area (Å²) in [5.74, 6) is 1.33. The van der Waals surface area contributed by atoms with Gasteiger partial charge in [-0.3, -0.25) is 9.13 Å². The molecule has 18 nitrogen and oxygen atoms in total. The third-order valence-corrected chi connectivity index (χ3v) is 9.69. The van der Waals surface area contributed by atoms with E-state index in [0.717, 1.165) is 25.7 Å². The van der Waals surface area contributed by atoms with Gasteiger partial charge < -0.3 is 50.7 Å². The molecule has 0 radical (unpaired) electrons. The minimum atomic E-state index is -1.17. The lowest BCUT2D eigenvalue weighted by Crippen LogP contribution is -2.33. The number of aromatic nitrogens is 8. The quantitative estimate of drug-likeness (QED) is 0.119. The van der Waals surface area contributed by atoms with E-state index in [1.807, 2.05) is 0 Å². The summed E-state index contributed by atoms with van der Waals surface area (Å²) in [6, 6.07) is 0.782. The molecule has 0 unspecified atom stereocenters. The molecule has 4 aromatic heterocycles. The van der Waals surface area contributed by atoms with E-state index in [1.165, 1.54) is 51.0 Å². The Balaban J connectivity index is 0.000000152. The molecule has 0 amide bonds. The first-order valence-corrected chi connectivity index (χ1v) is 16.5. The van der Waals surface area contributed by atoms with Crippen molar-refractivity contribution in [3.63, 3.8) is 0 Å². The molecule has 4 fully saturated rings. The molecule has 2 aliphatic heterocycles. The number of nitrogens with zero attached hydrogens (tertiary/aromatic N) is 8. The summed E-state index contributed by atoms with van der Waals surface area (Å²) in [5.41, 5.74) is 2.23. The van der Waals surface area contributed by atoms with Crippen LogP contribution in [0.15, 0.2) is 25.3 Å². The van der Waals surface area contributed by atoms with Gasteiger partial charge in [0.25, 0.3) is 0 Å². The van der Waals surface area contributed by atoms with Crippen molar-refractivity contribution >= 4 is 34.0 Å². The third kappa shape index (κ3) is 6.18. The van der Waals surface area contributed by atoms with Gasteiger partial charge in [-0.2, -0.15) is 0 Å². The normalized spacial score (nSPS) is 31.1. The monoisotopic (exact) mass is 670 g/mol. The minimum Gasteiger partial charge on any atom is -0.394 e. The molecule has 2 aliphatic carbocycles. The Morgan fingerprint density at radius 1 is 0.583 bits per heavy atom. The van der Waals surface area contributed by atoms with E-state index in [9.17, 15) is 30.6 Å². The molecule has 18 heteroatoms. The number of imidazole rings is 2. The molecule has 0 aromatic carbocycles. The van der Waals surface area contributed by atoms with Gasteiger partial charge in [0.05, 0.1) is 25.9 Å². The second kappa shape index (κ2) is 14.1. The van der Waals surface area contributed by atoms with Crippen molar-refractivity contribution in [2.75, 3.05) is 23.8 Å². The molecule has 0 bridgehead atoms. The number of aliphatic hydroxyl groups excluding tert-OH is 6. The zero-order chi connectivity index (χ0) is 33.4. The maximum atomic E-state index is 10.2. The summed E-state index contributed by atoms with van der Waals surface area (Å²) < 4.78 is 14.2. The van der Waals surface area contributed by atoms with Crippen LogP contribution in [0.2, 0.25) is 0 Å². The van der Waals surface area contributed by atoms with Crippen molar-refractivity contribution < 1.29 is 40.1 Å². The van der Waals surface area contributed by atoms with Crippen LogP contribution in [0.4, 0.5) is 11.6 Å². The van der Waals surface area contributed by atoms with Crippen LogP contribution in [0.5, 0.6) is 0 Å². The predicted octanol–water partition coefficient (Wildman–Crippen LogP) is -0.415. The van der Waals surface area contributed by atoms with E-state index in [0.29, 0.717) is 46.0 Å². The van der Waals surface area contributed by atoms with Crippen LogP contribution in [0, 0.1) is 0 Å². The van der Waals surface area contributed by atoms with E-state index >= 15 is 0 Å². The Hall–Kier alpha value is -3.62. The van der Waals surface area contributed by atoms with Crippen molar-refractivity contribution in [3.05, 3.63) is 25.3 Å². The summed E-state index contributed by atoms with van der Waals surface area (Å²) in [7, 11) is 0. The topological polar surface area (TPSA) is 251 Å². The lowest BCUT2D eigenvalue weighted by molar-refractivity contribution is -0.0511. The zero-order valence-corrected chi connectivity index (χ0v) is 26.2. The highest BCUT2D eigenvalue weighted by atomic mass is 16.6. The highest BCUT2D eigenvalue weighted by molar-refractivity contribution is 5.83. The average molecular weight is 671 g/mol. The molecule has 2 saturated heterocycles. The van der Waals surface area contributed by atoms with Gasteiger partial charge in [0.1, 0.15) is 49.3 Å². The summed E-state index contributed by atoms with van der Waals surface area (Å²) in [4.78, 5) is 25.8. The number of rotatable bonds is 8. The van der Waals surface area contributed by atoms with Crippen molar-refractivity contribution in [3.8, 4) is 0 Å². The van der Waals surface area contributed by atoms with Crippen LogP contribution < -0.4 is 10.6 Å². The molecule has 260 valence electrons. The van der Waals surface area contributed by atoms with Crippen molar-refractivity contribution in [1.82, 2.24) is 39.0 Å². The van der Waals surface area contributed by atoms with Gasteiger partial charge in [-0.05, 0) is 25.7 Å². The van der Waals surface area contributed by atoms with Crippen molar-refractivity contribution in [2.24, 2.45) is 0 Å². The first-order valence-electron chi connectivity index (χ1n) is 16.5. The number of ether oxygens (including phenoxy) is 2. The van der Waals surface area contributed by atoms with Crippen LogP contribution in [-0.4, -0.2) is 132 Å². The highest BCUT2D eigenvalue weighted by Crippen LogP contribution is 2.34. The van der Waals surface area contributed by atoms with Crippen LogP contribution in [0.1, 0.15) is 63.8 Å². The van der Waals surface area contributed by atoms with Crippen LogP contribution in [0.25, 0.3) is 22.3 Å². The van der Waals surface area contributed by atoms with E-state index < -0.39 is 49.1 Å². The molecule has 8 rings (SSSR count). The first kappa shape index (κ1) is 32.9. The Morgan fingerprint density at radius 2 is 0.979 bits per heavy atom. The summed E-state index contributed by atoms with van der Waals surface area (Å²) in [6.45, 7) is -0.740. The van der Waals surface area contributed by atoms with E-state index in [-0.39, 0.29) is 13.2 Å². The Bertz CT molecular complexity index is 1560. The smallest absolute Gasteiger partial charge is 0.167 e. The predicted molar refractivity (Wildman–Crippen MR) is 168 cm³/mol. The Morgan fingerprint density at radius 3 is 1.33 bits per heavy atom. The highest BCUT2D eigenvalue weighted by Gasteiger charge is 2.45. The van der Waals surface area contributed by atoms with Crippen molar-refractivity contribution in [2.45, 2.75) is 113 Å². The SMILES string of the molecule is OC[C@H]1O[C@@H](n2cnc3c(NC4CCCC4)ncnc32)[C@H](O)[C@@H]1O.OC[C@H]1O[C@@H](n2cnc3c(NC4CCCC4)ncnc32)[C@H](O)[C@@H]1O.